The molecule has 0 amide bonds. The Bertz CT molecular complexity index is 729. The highest BCUT2D eigenvalue weighted by molar-refractivity contribution is 7.07. The fraction of sp³-hybridized carbons (Fsp3) is 0. The minimum atomic E-state index is 0.635. The number of benzene rings is 2. The van der Waals surface area contributed by atoms with Crippen LogP contribution in [0, 0.1) is 0 Å². The van der Waals surface area contributed by atoms with E-state index in [1.807, 2.05) is 60.0 Å². The van der Waals surface area contributed by atoms with Crippen LogP contribution in [0.2, 0.25) is 5.02 Å². The van der Waals surface area contributed by atoms with Gasteiger partial charge in [0, 0.05) is 16.0 Å². The Kier molecular flexibility index (Phi) is 3.49. The van der Waals surface area contributed by atoms with Gasteiger partial charge in [-0.2, -0.15) is 0 Å². The third-order valence-electron chi connectivity index (χ3n) is 2.57. The second-order valence-corrected chi connectivity index (χ2v) is 5.18. The van der Waals surface area contributed by atoms with Crippen LogP contribution in [0.15, 0.2) is 69.4 Å². The van der Waals surface area contributed by atoms with Crippen LogP contribution in [0.3, 0.4) is 0 Å². The SMILES string of the molecule is Clc1ccc(-c2csc(=Nc3ccccc3)o2)cc1. The summed E-state index contributed by atoms with van der Waals surface area (Å²) in [4.78, 5) is 5.07. The summed E-state index contributed by atoms with van der Waals surface area (Å²) in [5.41, 5.74) is 1.88. The molecule has 0 spiro atoms. The Labute approximate surface area is 119 Å². The molecule has 0 fully saturated rings. The fourth-order valence-electron chi connectivity index (χ4n) is 1.64. The van der Waals surface area contributed by atoms with Crippen molar-refractivity contribution >= 4 is 28.6 Å². The average molecular weight is 288 g/mol. The number of hydrogen-bond donors (Lipinski definition) is 0. The van der Waals surface area contributed by atoms with Crippen LogP contribution in [-0.4, -0.2) is 0 Å². The summed E-state index contributed by atoms with van der Waals surface area (Å²) in [6.45, 7) is 0. The first-order chi connectivity index (χ1) is 9.31. The maximum absolute atomic E-state index is 5.87. The van der Waals surface area contributed by atoms with Crippen molar-refractivity contribution in [2.24, 2.45) is 4.99 Å². The third kappa shape index (κ3) is 2.95. The van der Waals surface area contributed by atoms with Gasteiger partial charge in [0.1, 0.15) is 5.76 Å². The van der Waals surface area contributed by atoms with Crippen molar-refractivity contribution in [1.29, 1.82) is 0 Å². The molecule has 0 radical (unpaired) electrons. The van der Waals surface area contributed by atoms with Crippen molar-refractivity contribution in [1.82, 2.24) is 0 Å². The Balaban J connectivity index is 1.96. The first kappa shape index (κ1) is 12.2. The lowest BCUT2D eigenvalue weighted by Crippen LogP contribution is -1.88. The number of para-hydroxylation sites is 1. The third-order valence-corrected chi connectivity index (χ3v) is 3.53. The molecule has 0 N–H and O–H groups in total. The number of rotatable bonds is 2. The van der Waals surface area contributed by atoms with Gasteiger partial charge in [0.2, 0.25) is 0 Å². The van der Waals surface area contributed by atoms with Crippen LogP contribution >= 0.6 is 22.9 Å². The van der Waals surface area contributed by atoms with E-state index in [1.165, 1.54) is 11.3 Å². The second kappa shape index (κ2) is 5.43. The van der Waals surface area contributed by atoms with Crippen LogP contribution < -0.4 is 4.87 Å². The lowest BCUT2D eigenvalue weighted by Gasteiger charge is -1.95. The van der Waals surface area contributed by atoms with E-state index in [1.54, 1.807) is 0 Å². The Morgan fingerprint density at radius 1 is 0.947 bits per heavy atom. The first-order valence-electron chi connectivity index (χ1n) is 5.75. The molecule has 0 atom stereocenters. The van der Waals surface area contributed by atoms with E-state index < -0.39 is 0 Å². The van der Waals surface area contributed by atoms with Crippen LogP contribution in [0.25, 0.3) is 11.3 Å². The highest BCUT2D eigenvalue weighted by Gasteiger charge is 2.02. The molecule has 94 valence electrons. The van der Waals surface area contributed by atoms with Gasteiger partial charge in [-0.25, -0.2) is 4.99 Å². The highest BCUT2D eigenvalue weighted by atomic mass is 35.5. The van der Waals surface area contributed by atoms with Gasteiger partial charge in [-0.15, -0.1) is 0 Å². The van der Waals surface area contributed by atoms with Crippen molar-refractivity contribution < 1.29 is 4.42 Å². The monoisotopic (exact) mass is 287 g/mol. The molecule has 0 aliphatic carbocycles. The molecule has 0 bridgehead atoms. The van der Waals surface area contributed by atoms with Crippen molar-refractivity contribution in [3.8, 4) is 11.3 Å². The molecule has 2 nitrogen and oxygen atoms in total. The number of halogens is 1. The highest BCUT2D eigenvalue weighted by Crippen LogP contribution is 2.22. The van der Waals surface area contributed by atoms with E-state index in [2.05, 4.69) is 4.99 Å². The van der Waals surface area contributed by atoms with Gasteiger partial charge in [-0.3, -0.25) is 0 Å². The molecule has 0 aliphatic heterocycles. The average Bonchev–Trinajstić information content (AvgIpc) is 2.89. The molecule has 1 heterocycles. The van der Waals surface area contributed by atoms with E-state index in [4.69, 9.17) is 16.0 Å². The van der Waals surface area contributed by atoms with Gasteiger partial charge in [0.15, 0.2) is 0 Å². The largest absolute Gasteiger partial charge is 0.429 e. The quantitative estimate of drug-likeness (QED) is 0.658. The molecule has 4 heteroatoms. The summed E-state index contributed by atoms with van der Waals surface area (Å²) in [5, 5.41) is 2.67. The van der Waals surface area contributed by atoms with Gasteiger partial charge in [-0.05, 0) is 36.4 Å². The first-order valence-corrected chi connectivity index (χ1v) is 7.01. The molecule has 0 saturated heterocycles. The minimum Gasteiger partial charge on any atom is -0.429 e. The van der Waals surface area contributed by atoms with Crippen LogP contribution in [0.1, 0.15) is 0 Å². The van der Waals surface area contributed by atoms with E-state index in [0.29, 0.717) is 9.89 Å². The molecule has 0 unspecified atom stereocenters. The van der Waals surface area contributed by atoms with Crippen molar-refractivity contribution in [2.75, 3.05) is 0 Å². The summed E-state index contributed by atoms with van der Waals surface area (Å²) >= 11 is 7.34. The zero-order valence-electron chi connectivity index (χ0n) is 9.92. The molecule has 3 rings (SSSR count). The van der Waals surface area contributed by atoms with Crippen molar-refractivity contribution in [3.05, 3.63) is 69.9 Å². The maximum Gasteiger partial charge on any atom is 0.279 e. The molecular formula is C15H10ClNOS. The number of hydrogen-bond acceptors (Lipinski definition) is 3. The van der Waals surface area contributed by atoms with Gasteiger partial charge < -0.3 is 4.42 Å². The predicted molar refractivity (Wildman–Crippen MR) is 78.7 cm³/mol. The van der Waals surface area contributed by atoms with E-state index in [9.17, 15) is 0 Å². The topological polar surface area (TPSA) is 25.5 Å². The molecule has 0 saturated carbocycles. The second-order valence-electron chi connectivity index (χ2n) is 3.92. The normalized spacial score (nSPS) is 11.7. The molecule has 3 aromatic rings. The van der Waals surface area contributed by atoms with Crippen LogP contribution in [0.5, 0.6) is 0 Å². The van der Waals surface area contributed by atoms with E-state index in [0.717, 1.165) is 17.0 Å². The Morgan fingerprint density at radius 2 is 1.68 bits per heavy atom. The smallest absolute Gasteiger partial charge is 0.279 e. The molecule has 19 heavy (non-hydrogen) atoms. The minimum absolute atomic E-state index is 0.635. The summed E-state index contributed by atoms with van der Waals surface area (Å²) < 4.78 is 5.72. The summed E-state index contributed by atoms with van der Waals surface area (Å²) in [7, 11) is 0. The van der Waals surface area contributed by atoms with Crippen molar-refractivity contribution in [3.63, 3.8) is 0 Å². The van der Waals surface area contributed by atoms with Crippen molar-refractivity contribution in [2.45, 2.75) is 0 Å². The van der Waals surface area contributed by atoms with Gasteiger partial charge >= 0.3 is 0 Å². The molecule has 1 aromatic heterocycles. The standard InChI is InChI=1S/C15H10ClNOS/c16-12-8-6-11(7-9-12)14-10-19-15(18-14)17-13-4-2-1-3-5-13/h1-10H. The number of nitrogens with zero attached hydrogens (tertiary/aromatic N) is 1. The van der Waals surface area contributed by atoms with Gasteiger partial charge in [0.05, 0.1) is 5.69 Å². The lowest BCUT2D eigenvalue weighted by molar-refractivity contribution is 0.539. The summed E-state index contributed by atoms with van der Waals surface area (Å²) in [6, 6.07) is 17.3. The maximum atomic E-state index is 5.87. The zero-order chi connectivity index (χ0) is 13.1. The molecule has 2 aromatic carbocycles. The lowest BCUT2D eigenvalue weighted by atomic mass is 10.2. The Morgan fingerprint density at radius 3 is 2.42 bits per heavy atom. The summed E-state index contributed by atoms with van der Waals surface area (Å²) in [5.74, 6) is 0.802. The molecule has 0 aliphatic rings. The predicted octanol–water partition coefficient (Wildman–Crippen LogP) is 4.89. The van der Waals surface area contributed by atoms with Crippen LogP contribution in [0.4, 0.5) is 5.69 Å². The van der Waals surface area contributed by atoms with E-state index >= 15 is 0 Å². The van der Waals surface area contributed by atoms with Gasteiger partial charge in [0.25, 0.3) is 4.87 Å². The van der Waals surface area contributed by atoms with E-state index in [-0.39, 0.29) is 0 Å². The Hall–Kier alpha value is -1.84. The zero-order valence-corrected chi connectivity index (χ0v) is 11.5. The molecular weight excluding hydrogens is 278 g/mol. The fourth-order valence-corrected chi connectivity index (χ4v) is 2.46. The van der Waals surface area contributed by atoms with Gasteiger partial charge in [-0.1, -0.05) is 41.1 Å². The van der Waals surface area contributed by atoms with Crippen LogP contribution in [-0.2, 0) is 0 Å². The summed E-state index contributed by atoms with van der Waals surface area (Å²) in [6.07, 6.45) is 0.